The van der Waals surface area contributed by atoms with E-state index in [0.717, 1.165) is 19.9 Å². The van der Waals surface area contributed by atoms with E-state index in [1.165, 1.54) is 10.9 Å². The largest absolute Gasteiger partial charge is 0.490 e. The van der Waals surface area contributed by atoms with Gasteiger partial charge in [0.1, 0.15) is 17.2 Å². The molecule has 0 saturated heterocycles. The van der Waals surface area contributed by atoms with Crippen LogP contribution in [0.1, 0.15) is 18.1 Å². The first kappa shape index (κ1) is 29.6. The molecule has 0 spiro atoms. The van der Waals surface area contributed by atoms with Crippen molar-refractivity contribution in [3.63, 3.8) is 0 Å². The average Bonchev–Trinajstić information content (AvgIpc) is 3.43. The SMILES string of the molecule is CCOc1cc(C=Nn2c(-c3cc4cc(Br)ccc4o3)nc3ccccc3c2=O)c(Br)c(Cl)c1OCc1ccc(Br)cc1. The average molecular weight is 787 g/mol. The van der Waals surface area contributed by atoms with Gasteiger partial charge in [-0.25, -0.2) is 4.98 Å². The standard InChI is InChI=1S/C32H21Br3ClN3O4/c1-2-41-26-15-20(28(35)29(36)30(26)42-17-18-7-9-21(33)10-8-18)16-37-39-31(38-24-6-4-3-5-23(24)32(39)40)27-14-19-13-22(34)11-12-25(19)43-27/h3-16H,2,17H2,1H3. The van der Waals surface area contributed by atoms with Gasteiger partial charge >= 0.3 is 0 Å². The fraction of sp³-hybridized carbons (Fsp3) is 0.0938. The predicted molar refractivity (Wildman–Crippen MR) is 181 cm³/mol. The zero-order valence-electron chi connectivity index (χ0n) is 22.5. The summed E-state index contributed by atoms with van der Waals surface area (Å²) >= 11 is 17.3. The smallest absolute Gasteiger partial charge is 0.282 e. The molecule has 0 N–H and O–H groups in total. The Bertz CT molecular complexity index is 2070. The third-order valence-corrected chi connectivity index (χ3v) is 8.98. The second kappa shape index (κ2) is 12.7. The lowest BCUT2D eigenvalue weighted by atomic mass is 10.2. The first-order chi connectivity index (χ1) is 20.8. The van der Waals surface area contributed by atoms with Crippen molar-refractivity contribution in [3.8, 4) is 23.1 Å². The second-order valence-corrected chi connectivity index (χ2v) is 12.4. The van der Waals surface area contributed by atoms with E-state index in [1.807, 2.05) is 61.5 Å². The van der Waals surface area contributed by atoms with E-state index in [1.54, 1.807) is 24.3 Å². The predicted octanol–water partition coefficient (Wildman–Crippen LogP) is 9.61. The minimum absolute atomic E-state index is 0.258. The summed E-state index contributed by atoms with van der Waals surface area (Å²) in [4.78, 5) is 18.5. The number of hydrogen-bond acceptors (Lipinski definition) is 6. The molecule has 2 aromatic heterocycles. The lowest BCUT2D eigenvalue weighted by Gasteiger charge is -2.16. The van der Waals surface area contributed by atoms with Crippen molar-refractivity contribution in [3.05, 3.63) is 119 Å². The molecular formula is C32H21Br3ClN3O4. The van der Waals surface area contributed by atoms with Crippen molar-refractivity contribution in [2.24, 2.45) is 5.10 Å². The highest BCUT2D eigenvalue weighted by molar-refractivity contribution is 9.11. The molecule has 4 aromatic carbocycles. The summed E-state index contributed by atoms with van der Waals surface area (Å²) in [6.07, 6.45) is 1.53. The van der Waals surface area contributed by atoms with Crippen LogP contribution in [0.15, 0.2) is 107 Å². The number of hydrogen-bond donors (Lipinski definition) is 0. The molecule has 0 radical (unpaired) electrons. The Balaban J connectivity index is 1.43. The van der Waals surface area contributed by atoms with Crippen LogP contribution in [0.4, 0.5) is 0 Å². The molecule has 0 amide bonds. The van der Waals surface area contributed by atoms with Crippen LogP contribution in [0, 0.1) is 0 Å². The van der Waals surface area contributed by atoms with Crippen molar-refractivity contribution in [1.82, 2.24) is 9.66 Å². The van der Waals surface area contributed by atoms with Gasteiger partial charge in [-0.3, -0.25) is 4.79 Å². The van der Waals surface area contributed by atoms with Gasteiger partial charge in [0.05, 0.1) is 23.7 Å². The number of furan rings is 1. The van der Waals surface area contributed by atoms with Gasteiger partial charge in [-0.2, -0.15) is 9.78 Å². The van der Waals surface area contributed by atoms with E-state index in [0.29, 0.717) is 62.0 Å². The van der Waals surface area contributed by atoms with Gasteiger partial charge in [0.2, 0.25) is 5.82 Å². The van der Waals surface area contributed by atoms with Gasteiger partial charge in [-0.15, -0.1) is 0 Å². The monoisotopic (exact) mass is 783 g/mol. The Morgan fingerprint density at radius 1 is 0.977 bits per heavy atom. The lowest BCUT2D eigenvalue weighted by Crippen LogP contribution is -2.20. The number of aromatic nitrogens is 2. The molecule has 0 unspecified atom stereocenters. The molecule has 0 fully saturated rings. The third-order valence-electron chi connectivity index (χ3n) is 6.52. The maximum Gasteiger partial charge on any atom is 0.282 e. The number of halogens is 4. The van der Waals surface area contributed by atoms with Crippen LogP contribution >= 0.6 is 59.4 Å². The Morgan fingerprint density at radius 2 is 1.74 bits per heavy atom. The molecule has 0 aliphatic heterocycles. The van der Waals surface area contributed by atoms with Crippen LogP contribution in [-0.4, -0.2) is 22.5 Å². The van der Waals surface area contributed by atoms with Gasteiger partial charge in [-0.05, 0) is 83.0 Å². The highest BCUT2D eigenvalue weighted by Gasteiger charge is 2.20. The van der Waals surface area contributed by atoms with Crippen LogP contribution in [-0.2, 0) is 6.61 Å². The van der Waals surface area contributed by atoms with Gasteiger partial charge in [0.25, 0.3) is 5.56 Å². The summed E-state index contributed by atoms with van der Waals surface area (Å²) in [5.74, 6) is 1.50. The Morgan fingerprint density at radius 3 is 2.53 bits per heavy atom. The molecule has 11 heteroatoms. The molecule has 0 bridgehead atoms. The third kappa shape index (κ3) is 6.15. The maximum absolute atomic E-state index is 13.7. The van der Waals surface area contributed by atoms with Crippen molar-refractivity contribution in [2.75, 3.05) is 6.61 Å². The van der Waals surface area contributed by atoms with E-state index in [9.17, 15) is 4.79 Å². The van der Waals surface area contributed by atoms with Crippen molar-refractivity contribution in [1.29, 1.82) is 0 Å². The summed E-state index contributed by atoms with van der Waals surface area (Å²) in [5, 5.41) is 6.18. The molecule has 216 valence electrons. The summed E-state index contributed by atoms with van der Waals surface area (Å²) in [6, 6.07) is 24.2. The lowest BCUT2D eigenvalue weighted by molar-refractivity contribution is 0.269. The van der Waals surface area contributed by atoms with Crippen LogP contribution in [0.2, 0.25) is 5.02 Å². The number of ether oxygens (including phenoxy) is 2. The summed E-state index contributed by atoms with van der Waals surface area (Å²) < 4.78 is 21.7. The number of para-hydroxylation sites is 1. The molecule has 43 heavy (non-hydrogen) atoms. The zero-order chi connectivity index (χ0) is 30.1. The van der Waals surface area contributed by atoms with E-state index in [-0.39, 0.29) is 11.4 Å². The molecule has 2 heterocycles. The Labute approximate surface area is 276 Å². The number of nitrogens with zero attached hydrogens (tertiary/aromatic N) is 3. The fourth-order valence-corrected chi connectivity index (χ4v) is 5.76. The van der Waals surface area contributed by atoms with Crippen LogP contribution < -0.4 is 15.0 Å². The highest BCUT2D eigenvalue weighted by atomic mass is 79.9. The molecular weight excluding hydrogens is 766 g/mol. The minimum atomic E-state index is -0.347. The zero-order valence-corrected chi connectivity index (χ0v) is 28.0. The van der Waals surface area contributed by atoms with Gasteiger partial charge in [-0.1, -0.05) is 67.7 Å². The van der Waals surface area contributed by atoms with Crippen LogP contribution in [0.3, 0.4) is 0 Å². The van der Waals surface area contributed by atoms with E-state index in [2.05, 4.69) is 52.9 Å². The molecule has 0 atom stereocenters. The number of rotatable bonds is 8. The normalized spacial score (nSPS) is 11.6. The van der Waals surface area contributed by atoms with Crippen LogP contribution in [0.5, 0.6) is 11.5 Å². The highest BCUT2D eigenvalue weighted by Crippen LogP contribution is 2.43. The summed E-state index contributed by atoms with van der Waals surface area (Å²) in [5.41, 5.74) is 2.39. The fourth-order valence-electron chi connectivity index (χ4n) is 4.47. The second-order valence-electron chi connectivity index (χ2n) is 9.38. The quantitative estimate of drug-likeness (QED) is 0.144. The van der Waals surface area contributed by atoms with Gasteiger partial charge in [0, 0.05) is 24.4 Å². The number of benzene rings is 4. The summed E-state index contributed by atoms with van der Waals surface area (Å²) in [6.45, 7) is 2.56. The minimum Gasteiger partial charge on any atom is -0.490 e. The summed E-state index contributed by atoms with van der Waals surface area (Å²) in [7, 11) is 0. The molecule has 6 aromatic rings. The van der Waals surface area contributed by atoms with Crippen molar-refractivity contribution < 1.29 is 13.9 Å². The Hall–Kier alpha value is -3.44. The van der Waals surface area contributed by atoms with Crippen LogP contribution in [0.25, 0.3) is 33.5 Å². The first-order valence-electron chi connectivity index (χ1n) is 13.1. The maximum atomic E-state index is 13.7. The molecule has 6 rings (SSSR count). The molecule has 7 nitrogen and oxygen atoms in total. The van der Waals surface area contributed by atoms with E-state index in [4.69, 9.17) is 30.5 Å². The van der Waals surface area contributed by atoms with E-state index >= 15 is 0 Å². The molecule has 0 aliphatic carbocycles. The van der Waals surface area contributed by atoms with Crippen molar-refractivity contribution >= 4 is 87.5 Å². The topological polar surface area (TPSA) is 78.9 Å². The van der Waals surface area contributed by atoms with Gasteiger partial charge < -0.3 is 13.9 Å². The molecule has 0 saturated carbocycles. The first-order valence-corrected chi connectivity index (χ1v) is 15.9. The Kier molecular flexibility index (Phi) is 8.72. The van der Waals surface area contributed by atoms with Gasteiger partial charge in [0.15, 0.2) is 17.3 Å². The van der Waals surface area contributed by atoms with E-state index < -0.39 is 0 Å². The molecule has 0 aliphatic rings. The van der Waals surface area contributed by atoms with Crippen molar-refractivity contribution in [2.45, 2.75) is 13.5 Å². The number of fused-ring (bicyclic) bond motifs is 2.